The molecule has 0 saturated heterocycles. The fraction of sp³-hybridized carbons (Fsp3) is 0.467. The lowest BCUT2D eigenvalue weighted by atomic mass is 9.89. The topological polar surface area (TPSA) is 4.93 Å². The molecule has 2 rings (SSSR count). The number of hydrogen-bond acceptors (Lipinski definition) is 0. The summed E-state index contributed by atoms with van der Waals surface area (Å²) in [6, 6.07) is 2.35. The average Bonchev–Trinajstić information content (AvgIpc) is 2.57. The van der Waals surface area contributed by atoms with Crippen molar-refractivity contribution in [2.45, 2.75) is 40.0 Å². The highest BCUT2D eigenvalue weighted by Crippen LogP contribution is 2.30. The monoisotopic (exact) mass is 215 g/mol. The van der Waals surface area contributed by atoms with Crippen LogP contribution in [0.5, 0.6) is 0 Å². The Labute approximate surface area is 98.5 Å². The van der Waals surface area contributed by atoms with Crippen molar-refractivity contribution < 1.29 is 0 Å². The third kappa shape index (κ3) is 1.75. The largest absolute Gasteiger partial charge is 0.318 e. The van der Waals surface area contributed by atoms with Crippen molar-refractivity contribution in [2.75, 3.05) is 0 Å². The highest BCUT2D eigenvalue weighted by atomic mass is 15.0. The van der Waals surface area contributed by atoms with Crippen LogP contribution in [0.3, 0.4) is 0 Å². The van der Waals surface area contributed by atoms with Crippen LogP contribution >= 0.6 is 0 Å². The summed E-state index contributed by atoms with van der Waals surface area (Å²) < 4.78 is 2.37. The molecule has 1 aliphatic rings. The molecule has 0 aromatic carbocycles. The molecular formula is C15H21N. The number of hydrogen-bond donors (Lipinski definition) is 0. The lowest BCUT2D eigenvalue weighted by molar-refractivity contribution is 0.494. The molecule has 0 saturated carbocycles. The molecule has 86 valence electrons. The predicted octanol–water partition coefficient (Wildman–Crippen LogP) is 3.97. The normalized spacial score (nSPS) is 20.7. The van der Waals surface area contributed by atoms with Crippen LogP contribution in [0.25, 0.3) is 5.70 Å². The van der Waals surface area contributed by atoms with Crippen LogP contribution < -0.4 is 0 Å². The van der Waals surface area contributed by atoms with Gasteiger partial charge in [-0.2, -0.15) is 0 Å². The maximum Gasteiger partial charge on any atom is 0.0406 e. The molecule has 0 N–H and O–H groups in total. The molecule has 0 aliphatic heterocycles. The molecule has 1 atom stereocenters. The standard InChI is InChI=1S/C15H21N/c1-5-14(6-2)16-12(4)10-13-9-11(3)7-8-15(13)16/h5-6,10-11H,1,7-9H2,2-4H3/b14-6+. The van der Waals surface area contributed by atoms with Crippen LogP contribution in [-0.4, -0.2) is 4.57 Å². The minimum atomic E-state index is 0.834. The molecule has 0 amide bonds. The molecule has 1 unspecified atom stereocenters. The quantitative estimate of drug-likeness (QED) is 0.658. The maximum absolute atomic E-state index is 3.90. The second-order valence-corrected chi connectivity index (χ2v) is 4.86. The number of rotatable bonds is 2. The summed E-state index contributed by atoms with van der Waals surface area (Å²) in [7, 11) is 0. The van der Waals surface area contributed by atoms with Crippen LogP contribution in [0, 0.1) is 12.8 Å². The molecular weight excluding hydrogens is 194 g/mol. The van der Waals surface area contributed by atoms with Gasteiger partial charge in [0, 0.05) is 17.1 Å². The molecule has 0 bridgehead atoms. The number of allylic oxidation sites excluding steroid dienone is 3. The van der Waals surface area contributed by atoms with Crippen molar-refractivity contribution in [2.24, 2.45) is 5.92 Å². The summed E-state index contributed by atoms with van der Waals surface area (Å²) >= 11 is 0. The zero-order valence-electron chi connectivity index (χ0n) is 10.6. The van der Waals surface area contributed by atoms with Gasteiger partial charge in [0.15, 0.2) is 0 Å². The fourth-order valence-corrected chi connectivity index (χ4v) is 2.76. The predicted molar refractivity (Wildman–Crippen MR) is 70.5 cm³/mol. The van der Waals surface area contributed by atoms with Crippen molar-refractivity contribution in [3.8, 4) is 0 Å². The lowest BCUT2D eigenvalue weighted by Gasteiger charge is -2.21. The van der Waals surface area contributed by atoms with Gasteiger partial charge >= 0.3 is 0 Å². The Kier molecular flexibility index (Phi) is 3.04. The Morgan fingerprint density at radius 2 is 2.31 bits per heavy atom. The first kappa shape index (κ1) is 11.3. The molecule has 1 heteroatoms. The molecule has 0 radical (unpaired) electrons. The van der Waals surface area contributed by atoms with Crippen molar-refractivity contribution in [1.29, 1.82) is 0 Å². The number of aromatic nitrogens is 1. The van der Waals surface area contributed by atoms with Gasteiger partial charge in [-0.1, -0.05) is 19.6 Å². The van der Waals surface area contributed by atoms with Gasteiger partial charge in [0.05, 0.1) is 0 Å². The highest BCUT2D eigenvalue weighted by molar-refractivity contribution is 5.59. The van der Waals surface area contributed by atoms with Crippen LogP contribution in [0.4, 0.5) is 0 Å². The third-order valence-corrected chi connectivity index (χ3v) is 3.58. The van der Waals surface area contributed by atoms with Gasteiger partial charge in [0.1, 0.15) is 0 Å². The summed E-state index contributed by atoms with van der Waals surface area (Å²) in [4.78, 5) is 0. The van der Waals surface area contributed by atoms with Crippen LogP contribution in [0.15, 0.2) is 24.8 Å². The number of nitrogens with zero attached hydrogens (tertiary/aromatic N) is 1. The first-order chi connectivity index (χ1) is 7.67. The summed E-state index contributed by atoms with van der Waals surface area (Å²) in [6.45, 7) is 10.5. The molecule has 16 heavy (non-hydrogen) atoms. The van der Waals surface area contributed by atoms with E-state index in [2.05, 4.69) is 44.1 Å². The molecule has 1 nitrogen and oxygen atoms in total. The van der Waals surface area contributed by atoms with Crippen LogP contribution in [0.2, 0.25) is 0 Å². The van der Waals surface area contributed by atoms with Gasteiger partial charge in [0.2, 0.25) is 0 Å². The Hall–Kier alpha value is -1.24. The van der Waals surface area contributed by atoms with E-state index in [1.807, 2.05) is 6.08 Å². The van der Waals surface area contributed by atoms with Gasteiger partial charge in [0.25, 0.3) is 0 Å². The van der Waals surface area contributed by atoms with Gasteiger partial charge in [-0.25, -0.2) is 0 Å². The van der Waals surface area contributed by atoms with Gasteiger partial charge in [-0.05, 0) is 56.7 Å². The van der Waals surface area contributed by atoms with E-state index in [1.54, 1.807) is 0 Å². The van der Waals surface area contributed by atoms with Crippen LogP contribution in [0.1, 0.15) is 37.2 Å². The second-order valence-electron chi connectivity index (χ2n) is 4.86. The first-order valence-corrected chi connectivity index (χ1v) is 6.16. The summed E-state index contributed by atoms with van der Waals surface area (Å²) in [5, 5.41) is 0. The van der Waals surface area contributed by atoms with E-state index >= 15 is 0 Å². The van der Waals surface area contributed by atoms with E-state index in [0.717, 1.165) is 5.92 Å². The van der Waals surface area contributed by atoms with Gasteiger partial charge in [-0.3, -0.25) is 0 Å². The van der Waals surface area contributed by atoms with Crippen molar-refractivity contribution >= 4 is 5.70 Å². The lowest BCUT2D eigenvalue weighted by Crippen LogP contribution is -2.13. The molecule has 1 aliphatic carbocycles. The smallest absolute Gasteiger partial charge is 0.0406 e. The van der Waals surface area contributed by atoms with E-state index in [1.165, 1.54) is 41.9 Å². The number of fused-ring (bicyclic) bond motifs is 1. The highest BCUT2D eigenvalue weighted by Gasteiger charge is 2.20. The minimum Gasteiger partial charge on any atom is -0.318 e. The second kappa shape index (κ2) is 4.32. The van der Waals surface area contributed by atoms with E-state index in [-0.39, 0.29) is 0 Å². The zero-order valence-corrected chi connectivity index (χ0v) is 10.6. The SMILES string of the molecule is C=C/C(=C\C)n1c(C)cc2c1CCC(C)C2. The van der Waals surface area contributed by atoms with Gasteiger partial charge in [-0.15, -0.1) is 0 Å². The Bertz CT molecular complexity index is 435. The molecule has 1 aromatic heterocycles. The first-order valence-electron chi connectivity index (χ1n) is 6.16. The Morgan fingerprint density at radius 1 is 1.56 bits per heavy atom. The molecule has 0 fully saturated rings. The van der Waals surface area contributed by atoms with Crippen molar-refractivity contribution in [3.63, 3.8) is 0 Å². The van der Waals surface area contributed by atoms with Crippen molar-refractivity contribution in [3.05, 3.63) is 41.7 Å². The molecule has 1 aromatic rings. The van der Waals surface area contributed by atoms with E-state index < -0.39 is 0 Å². The van der Waals surface area contributed by atoms with E-state index in [9.17, 15) is 0 Å². The molecule has 1 heterocycles. The van der Waals surface area contributed by atoms with Crippen molar-refractivity contribution in [1.82, 2.24) is 4.57 Å². The molecule has 0 spiro atoms. The fourth-order valence-electron chi connectivity index (χ4n) is 2.76. The Morgan fingerprint density at radius 3 is 2.94 bits per heavy atom. The van der Waals surface area contributed by atoms with Crippen LogP contribution in [-0.2, 0) is 12.8 Å². The van der Waals surface area contributed by atoms with E-state index in [0.29, 0.717) is 0 Å². The average molecular weight is 215 g/mol. The third-order valence-electron chi connectivity index (χ3n) is 3.58. The summed E-state index contributed by atoms with van der Waals surface area (Å²) in [5.41, 5.74) is 5.60. The van der Waals surface area contributed by atoms with Gasteiger partial charge < -0.3 is 4.57 Å². The Balaban J connectivity index is 2.51. The summed E-state index contributed by atoms with van der Waals surface area (Å²) in [6.07, 6.45) is 7.83. The van der Waals surface area contributed by atoms with E-state index in [4.69, 9.17) is 0 Å². The minimum absolute atomic E-state index is 0.834. The summed E-state index contributed by atoms with van der Waals surface area (Å²) in [5.74, 6) is 0.834. The zero-order chi connectivity index (χ0) is 11.7. The number of aryl methyl sites for hydroxylation is 1. The maximum atomic E-state index is 3.90.